The van der Waals surface area contributed by atoms with E-state index < -0.39 is 58.6 Å². The molecule has 0 N–H and O–H groups in total. The quantitative estimate of drug-likeness (QED) is 0.184. The lowest BCUT2D eigenvalue weighted by atomic mass is 10.1. The second-order valence-corrected chi connectivity index (χ2v) is 6.71. The fourth-order valence-electron chi connectivity index (χ4n) is 2.95. The number of rotatable bonds is 5. The van der Waals surface area contributed by atoms with E-state index in [0.29, 0.717) is 5.57 Å². The summed E-state index contributed by atoms with van der Waals surface area (Å²) in [4.78, 5) is 12.2. The number of halogens is 5. The monoisotopic (exact) mass is 385 g/mol. The van der Waals surface area contributed by atoms with Crippen LogP contribution in [0.1, 0.15) is 26.3 Å². The molecule has 8 heteroatoms. The van der Waals surface area contributed by atoms with E-state index in [-0.39, 0.29) is 5.92 Å². The molecule has 27 heavy (non-hydrogen) atoms. The third kappa shape index (κ3) is 3.72. The molecule has 0 heterocycles. The first-order chi connectivity index (χ1) is 12.6. The minimum Gasteiger partial charge on any atom is -0.460 e. The molecule has 1 saturated carbocycles. The van der Waals surface area contributed by atoms with Crippen molar-refractivity contribution >= 4 is 5.97 Å². The van der Waals surface area contributed by atoms with E-state index in [9.17, 15) is 26.7 Å². The number of hydrogen-bond donors (Lipinski definition) is 0. The molecule has 0 radical (unpaired) electrons. The molecule has 0 aromatic heterocycles. The Morgan fingerprint density at radius 2 is 1.63 bits per heavy atom. The number of carbonyl (C=O) groups is 1. The Bertz CT molecular complexity index is 854. The van der Waals surface area contributed by atoms with Crippen molar-refractivity contribution in [3.8, 4) is 6.07 Å². The molecule has 144 valence electrons. The molecule has 0 aliphatic heterocycles. The lowest BCUT2D eigenvalue weighted by Crippen LogP contribution is -2.14. The zero-order valence-corrected chi connectivity index (χ0v) is 14.7. The van der Waals surface area contributed by atoms with Gasteiger partial charge in [0, 0.05) is 5.57 Å². The largest absolute Gasteiger partial charge is 0.460 e. The van der Waals surface area contributed by atoms with Gasteiger partial charge in [-0.2, -0.15) is 5.26 Å². The molecule has 0 bridgehead atoms. The van der Waals surface area contributed by atoms with E-state index in [0.717, 1.165) is 0 Å². The number of hydrogen-bond acceptors (Lipinski definition) is 3. The SMILES string of the molecule is CC=CC(C#N)=CC1C(C(=O)OCc2c(F)c(F)c(F)c(F)c2F)C1(C)C. The second-order valence-electron chi connectivity index (χ2n) is 6.71. The van der Waals surface area contributed by atoms with Crippen LogP contribution in [0.3, 0.4) is 0 Å². The molecule has 3 nitrogen and oxygen atoms in total. The molecule has 1 aliphatic carbocycles. The van der Waals surface area contributed by atoms with Crippen LogP contribution in [0.25, 0.3) is 0 Å². The lowest BCUT2D eigenvalue weighted by Gasteiger charge is -2.09. The number of allylic oxidation sites excluding steroid dienone is 4. The van der Waals surface area contributed by atoms with Gasteiger partial charge in [-0.15, -0.1) is 0 Å². The van der Waals surface area contributed by atoms with E-state index in [1.807, 2.05) is 6.07 Å². The summed E-state index contributed by atoms with van der Waals surface area (Å²) in [7, 11) is 0. The van der Waals surface area contributed by atoms with Crippen molar-refractivity contribution in [1.82, 2.24) is 0 Å². The zero-order chi connectivity index (χ0) is 20.5. The van der Waals surface area contributed by atoms with Crippen molar-refractivity contribution in [2.45, 2.75) is 27.4 Å². The number of ether oxygens (including phenoxy) is 1. The number of esters is 1. The summed E-state index contributed by atoms with van der Waals surface area (Å²) in [5, 5.41) is 9.05. The van der Waals surface area contributed by atoms with Crippen molar-refractivity contribution in [3.63, 3.8) is 0 Å². The Kier molecular flexibility index (Phi) is 5.73. The van der Waals surface area contributed by atoms with Crippen LogP contribution in [0.5, 0.6) is 0 Å². The predicted molar refractivity (Wildman–Crippen MR) is 85.3 cm³/mol. The maximum absolute atomic E-state index is 13.6. The van der Waals surface area contributed by atoms with Crippen LogP contribution in [0, 0.1) is 57.7 Å². The molecule has 2 rings (SSSR count). The summed E-state index contributed by atoms with van der Waals surface area (Å²) in [6, 6.07) is 1.97. The van der Waals surface area contributed by atoms with E-state index in [2.05, 4.69) is 0 Å². The Labute approximate surface area is 152 Å². The summed E-state index contributed by atoms with van der Waals surface area (Å²) < 4.78 is 71.5. The average molecular weight is 385 g/mol. The minimum atomic E-state index is -2.28. The molecule has 0 saturated heterocycles. The molecule has 1 aromatic rings. The van der Waals surface area contributed by atoms with E-state index in [1.54, 1.807) is 39.0 Å². The van der Waals surface area contributed by atoms with Crippen molar-refractivity contribution in [1.29, 1.82) is 5.26 Å². The van der Waals surface area contributed by atoms with E-state index in [4.69, 9.17) is 10.00 Å². The van der Waals surface area contributed by atoms with Crippen LogP contribution < -0.4 is 0 Å². The summed E-state index contributed by atoms with van der Waals surface area (Å²) in [5.41, 5.74) is -1.44. The van der Waals surface area contributed by atoms with E-state index in [1.165, 1.54) is 0 Å². The summed E-state index contributed by atoms with van der Waals surface area (Å²) >= 11 is 0. The minimum absolute atomic E-state index is 0.339. The van der Waals surface area contributed by atoms with Gasteiger partial charge in [-0.1, -0.05) is 26.0 Å². The molecular formula is C19H16F5NO2. The molecular weight excluding hydrogens is 369 g/mol. The number of nitriles is 1. The highest BCUT2D eigenvalue weighted by Crippen LogP contribution is 2.60. The van der Waals surface area contributed by atoms with Gasteiger partial charge in [0.1, 0.15) is 6.61 Å². The lowest BCUT2D eigenvalue weighted by molar-refractivity contribution is -0.147. The number of carbonyl (C=O) groups excluding carboxylic acids is 1. The van der Waals surface area contributed by atoms with Gasteiger partial charge in [-0.05, 0) is 24.3 Å². The predicted octanol–water partition coefficient (Wildman–Crippen LogP) is 4.72. The molecule has 0 amide bonds. The Morgan fingerprint density at radius 1 is 1.11 bits per heavy atom. The summed E-state index contributed by atoms with van der Waals surface area (Å²) in [6.45, 7) is 4.11. The molecule has 2 atom stereocenters. The molecule has 1 fully saturated rings. The Balaban J connectivity index is 2.17. The normalized spacial score (nSPS) is 21.2. The van der Waals surface area contributed by atoms with Gasteiger partial charge >= 0.3 is 5.97 Å². The maximum Gasteiger partial charge on any atom is 0.310 e. The van der Waals surface area contributed by atoms with Gasteiger partial charge < -0.3 is 4.74 Å². The zero-order valence-electron chi connectivity index (χ0n) is 14.7. The highest BCUT2D eigenvalue weighted by atomic mass is 19.2. The highest BCUT2D eigenvalue weighted by molar-refractivity contribution is 5.78. The van der Waals surface area contributed by atoms with Gasteiger partial charge in [-0.3, -0.25) is 4.79 Å². The van der Waals surface area contributed by atoms with Crippen LogP contribution in [-0.4, -0.2) is 5.97 Å². The van der Waals surface area contributed by atoms with Crippen LogP contribution >= 0.6 is 0 Å². The van der Waals surface area contributed by atoms with Crippen molar-refractivity contribution in [2.75, 3.05) is 0 Å². The first kappa shape index (κ1) is 20.6. The van der Waals surface area contributed by atoms with Crippen molar-refractivity contribution in [3.05, 3.63) is 58.5 Å². The summed E-state index contributed by atoms with van der Waals surface area (Å²) in [5.74, 6) is -12.4. The fourth-order valence-corrected chi connectivity index (χ4v) is 2.95. The maximum atomic E-state index is 13.6. The third-order valence-electron chi connectivity index (χ3n) is 4.66. The first-order valence-electron chi connectivity index (χ1n) is 7.99. The number of benzene rings is 1. The van der Waals surface area contributed by atoms with Gasteiger partial charge in [0.15, 0.2) is 23.3 Å². The third-order valence-corrected chi connectivity index (χ3v) is 4.66. The second kappa shape index (κ2) is 7.51. The highest BCUT2D eigenvalue weighted by Gasteiger charge is 2.61. The van der Waals surface area contributed by atoms with Crippen LogP contribution in [0.4, 0.5) is 22.0 Å². The number of nitrogens with zero attached hydrogens (tertiary/aromatic N) is 1. The van der Waals surface area contributed by atoms with Crippen molar-refractivity contribution < 1.29 is 31.5 Å². The van der Waals surface area contributed by atoms with Gasteiger partial charge in [-0.25, -0.2) is 22.0 Å². The smallest absolute Gasteiger partial charge is 0.310 e. The average Bonchev–Trinajstić information content (AvgIpc) is 3.17. The van der Waals surface area contributed by atoms with Crippen molar-refractivity contribution in [2.24, 2.45) is 17.3 Å². The summed E-state index contributed by atoms with van der Waals surface area (Å²) in [6.07, 6.45) is 4.80. The fraction of sp³-hybridized carbons (Fsp3) is 0.368. The van der Waals surface area contributed by atoms with Gasteiger partial charge in [0.25, 0.3) is 0 Å². The Morgan fingerprint density at radius 3 is 2.11 bits per heavy atom. The van der Waals surface area contributed by atoms with Crippen LogP contribution in [-0.2, 0) is 16.1 Å². The van der Waals surface area contributed by atoms with Gasteiger partial charge in [0.05, 0.1) is 17.6 Å². The topological polar surface area (TPSA) is 50.1 Å². The van der Waals surface area contributed by atoms with Gasteiger partial charge in [0.2, 0.25) is 5.82 Å². The first-order valence-corrected chi connectivity index (χ1v) is 7.99. The van der Waals surface area contributed by atoms with Crippen LogP contribution in [0.2, 0.25) is 0 Å². The standard InChI is InChI=1S/C19H16F5NO2/c1-4-5-9(7-25)6-11-12(19(11,2)3)18(26)27-8-10-13(20)15(22)17(24)16(23)14(10)21/h4-6,11-12H,8H2,1-3H3. The molecule has 1 aliphatic rings. The Hall–Kier alpha value is -2.69. The van der Waals surface area contributed by atoms with E-state index >= 15 is 0 Å². The molecule has 2 unspecified atom stereocenters. The molecule has 0 spiro atoms. The molecule has 1 aromatic carbocycles. The van der Waals surface area contributed by atoms with Crippen LogP contribution in [0.15, 0.2) is 23.8 Å².